The fourth-order valence-corrected chi connectivity index (χ4v) is 4.00. The monoisotopic (exact) mass is 305 g/mol. The Balaban J connectivity index is 1.71. The van der Waals surface area contributed by atoms with Crippen molar-refractivity contribution in [2.75, 3.05) is 5.32 Å². The molecule has 0 saturated heterocycles. The minimum atomic E-state index is 0.327. The van der Waals surface area contributed by atoms with Crippen molar-refractivity contribution in [2.45, 2.75) is 38.1 Å². The van der Waals surface area contributed by atoms with Gasteiger partial charge in [0.15, 0.2) is 0 Å². The SMILES string of the molecule is CC(C)c1ccc(C2Nc3ccc(O)cc3C3C=CCC32)cc1. The number of fused-ring (bicyclic) bond motifs is 3. The molecule has 2 aromatic carbocycles. The van der Waals surface area contributed by atoms with Gasteiger partial charge in [-0.2, -0.15) is 0 Å². The summed E-state index contributed by atoms with van der Waals surface area (Å²) in [5.41, 5.74) is 5.11. The lowest BCUT2D eigenvalue weighted by atomic mass is 9.77. The van der Waals surface area contributed by atoms with Crippen molar-refractivity contribution in [3.63, 3.8) is 0 Å². The van der Waals surface area contributed by atoms with Gasteiger partial charge in [0.1, 0.15) is 5.75 Å². The topological polar surface area (TPSA) is 32.3 Å². The van der Waals surface area contributed by atoms with Crippen LogP contribution in [0.1, 0.15) is 54.8 Å². The molecule has 0 spiro atoms. The number of aromatic hydroxyl groups is 1. The van der Waals surface area contributed by atoms with Gasteiger partial charge in [-0.25, -0.2) is 0 Å². The fraction of sp³-hybridized carbons (Fsp3) is 0.333. The van der Waals surface area contributed by atoms with Crippen molar-refractivity contribution in [1.29, 1.82) is 0 Å². The summed E-state index contributed by atoms with van der Waals surface area (Å²) in [7, 11) is 0. The van der Waals surface area contributed by atoms with Gasteiger partial charge in [0.25, 0.3) is 0 Å². The van der Waals surface area contributed by atoms with Crippen molar-refractivity contribution < 1.29 is 5.11 Å². The predicted octanol–water partition coefficient (Wildman–Crippen LogP) is 5.34. The van der Waals surface area contributed by atoms with E-state index in [1.54, 1.807) is 6.07 Å². The number of hydrogen-bond acceptors (Lipinski definition) is 2. The van der Waals surface area contributed by atoms with E-state index < -0.39 is 0 Å². The van der Waals surface area contributed by atoms with E-state index in [4.69, 9.17) is 0 Å². The van der Waals surface area contributed by atoms with Crippen LogP contribution < -0.4 is 5.32 Å². The number of nitrogens with one attached hydrogen (secondary N) is 1. The summed E-state index contributed by atoms with van der Waals surface area (Å²) in [5.74, 6) is 1.83. The average Bonchev–Trinajstić information content (AvgIpc) is 3.04. The van der Waals surface area contributed by atoms with Crippen molar-refractivity contribution in [3.05, 3.63) is 71.3 Å². The number of hydrogen-bond donors (Lipinski definition) is 2. The van der Waals surface area contributed by atoms with E-state index in [1.807, 2.05) is 12.1 Å². The van der Waals surface area contributed by atoms with Gasteiger partial charge in [-0.1, -0.05) is 50.3 Å². The van der Waals surface area contributed by atoms with Crippen molar-refractivity contribution in [3.8, 4) is 5.75 Å². The number of anilines is 1. The van der Waals surface area contributed by atoms with Gasteiger partial charge in [-0.15, -0.1) is 0 Å². The zero-order valence-electron chi connectivity index (χ0n) is 13.7. The van der Waals surface area contributed by atoms with E-state index in [0.717, 1.165) is 12.1 Å². The van der Waals surface area contributed by atoms with Gasteiger partial charge in [-0.3, -0.25) is 0 Å². The summed E-state index contributed by atoms with van der Waals surface area (Å²) in [6.45, 7) is 4.46. The minimum Gasteiger partial charge on any atom is -0.508 e. The van der Waals surface area contributed by atoms with E-state index in [1.165, 1.54) is 16.7 Å². The normalized spacial score (nSPS) is 25.1. The number of phenolic OH excluding ortho intramolecular Hbond substituents is 1. The molecule has 0 radical (unpaired) electrons. The highest BCUT2D eigenvalue weighted by molar-refractivity contribution is 5.61. The fourth-order valence-electron chi connectivity index (χ4n) is 4.00. The van der Waals surface area contributed by atoms with Crippen LogP contribution in [-0.2, 0) is 0 Å². The molecule has 2 N–H and O–H groups in total. The third kappa shape index (κ3) is 2.42. The molecule has 2 aromatic rings. The molecule has 0 aromatic heterocycles. The van der Waals surface area contributed by atoms with Crippen molar-refractivity contribution in [2.24, 2.45) is 5.92 Å². The smallest absolute Gasteiger partial charge is 0.116 e. The molecule has 1 aliphatic heterocycles. The molecule has 23 heavy (non-hydrogen) atoms. The van der Waals surface area contributed by atoms with Crippen LogP contribution in [0.25, 0.3) is 0 Å². The Morgan fingerprint density at radius 2 is 1.87 bits per heavy atom. The van der Waals surface area contributed by atoms with Crippen LogP contribution in [-0.4, -0.2) is 5.11 Å². The second kappa shape index (κ2) is 5.45. The first kappa shape index (κ1) is 14.4. The summed E-state index contributed by atoms with van der Waals surface area (Å²) in [6, 6.07) is 15.1. The molecule has 0 amide bonds. The lowest BCUT2D eigenvalue weighted by Crippen LogP contribution is -2.29. The molecule has 0 fully saturated rings. The van der Waals surface area contributed by atoms with E-state index in [2.05, 4.69) is 55.6 Å². The molecule has 1 aliphatic carbocycles. The Hall–Kier alpha value is -2.22. The van der Waals surface area contributed by atoms with Crippen LogP contribution >= 0.6 is 0 Å². The van der Waals surface area contributed by atoms with Gasteiger partial charge in [-0.05, 0) is 53.1 Å². The van der Waals surface area contributed by atoms with E-state index in [0.29, 0.717) is 29.5 Å². The highest BCUT2D eigenvalue weighted by Gasteiger charge is 2.37. The summed E-state index contributed by atoms with van der Waals surface area (Å²) in [5, 5.41) is 13.5. The standard InChI is InChI=1S/C21H23NO/c1-13(2)14-6-8-15(9-7-14)21-18-5-3-4-17(18)19-12-16(23)10-11-20(19)22-21/h3-4,6-13,17-18,21-23H,5H2,1-2H3. The molecule has 0 bridgehead atoms. The first-order chi connectivity index (χ1) is 11.1. The van der Waals surface area contributed by atoms with Gasteiger partial charge < -0.3 is 10.4 Å². The molecular weight excluding hydrogens is 282 g/mol. The number of rotatable bonds is 2. The maximum atomic E-state index is 9.82. The predicted molar refractivity (Wildman–Crippen MR) is 95.0 cm³/mol. The Labute approximate surface area is 137 Å². The number of allylic oxidation sites excluding steroid dienone is 2. The molecule has 3 atom stereocenters. The van der Waals surface area contributed by atoms with Crippen LogP contribution in [0.15, 0.2) is 54.6 Å². The van der Waals surface area contributed by atoms with Crippen LogP contribution in [0, 0.1) is 5.92 Å². The quantitative estimate of drug-likeness (QED) is 0.579. The summed E-state index contributed by atoms with van der Waals surface area (Å²) in [6.07, 6.45) is 5.67. The highest BCUT2D eigenvalue weighted by Crippen LogP contribution is 2.50. The van der Waals surface area contributed by atoms with Gasteiger partial charge in [0.05, 0.1) is 6.04 Å². The average molecular weight is 305 g/mol. The highest BCUT2D eigenvalue weighted by atomic mass is 16.3. The van der Waals surface area contributed by atoms with Crippen LogP contribution in [0.4, 0.5) is 5.69 Å². The Bertz CT molecular complexity index is 745. The van der Waals surface area contributed by atoms with Crippen molar-refractivity contribution >= 4 is 5.69 Å². The lowest BCUT2D eigenvalue weighted by Gasteiger charge is -2.37. The third-order valence-electron chi connectivity index (χ3n) is 5.31. The van der Waals surface area contributed by atoms with E-state index in [-0.39, 0.29) is 0 Å². The maximum absolute atomic E-state index is 9.82. The molecule has 0 saturated carbocycles. The van der Waals surface area contributed by atoms with Gasteiger partial charge in [0.2, 0.25) is 0 Å². The van der Waals surface area contributed by atoms with Crippen molar-refractivity contribution in [1.82, 2.24) is 0 Å². The molecule has 2 heteroatoms. The zero-order chi connectivity index (χ0) is 16.0. The lowest BCUT2D eigenvalue weighted by molar-refractivity contribution is 0.421. The first-order valence-corrected chi connectivity index (χ1v) is 8.49. The maximum Gasteiger partial charge on any atom is 0.116 e. The molecule has 4 rings (SSSR count). The molecular formula is C21H23NO. The number of benzene rings is 2. The molecule has 2 nitrogen and oxygen atoms in total. The molecule has 1 heterocycles. The van der Waals surface area contributed by atoms with Crippen LogP contribution in [0.3, 0.4) is 0 Å². The summed E-state index contributed by atoms with van der Waals surface area (Å²) in [4.78, 5) is 0. The largest absolute Gasteiger partial charge is 0.508 e. The Kier molecular flexibility index (Phi) is 3.41. The van der Waals surface area contributed by atoms with E-state index in [9.17, 15) is 5.11 Å². The molecule has 118 valence electrons. The minimum absolute atomic E-state index is 0.327. The van der Waals surface area contributed by atoms with E-state index >= 15 is 0 Å². The van der Waals surface area contributed by atoms with Gasteiger partial charge in [0, 0.05) is 11.6 Å². The van der Waals surface area contributed by atoms with Gasteiger partial charge >= 0.3 is 0 Å². The Morgan fingerprint density at radius 3 is 2.61 bits per heavy atom. The molecule has 2 aliphatic rings. The second-order valence-electron chi connectivity index (χ2n) is 7.07. The first-order valence-electron chi connectivity index (χ1n) is 8.49. The van der Waals surface area contributed by atoms with Crippen LogP contribution in [0.5, 0.6) is 5.75 Å². The molecule has 3 unspecified atom stereocenters. The number of phenols is 1. The Morgan fingerprint density at radius 1 is 1.09 bits per heavy atom. The van der Waals surface area contributed by atoms with Crippen LogP contribution in [0.2, 0.25) is 0 Å². The second-order valence-corrected chi connectivity index (χ2v) is 7.07. The summed E-state index contributed by atoms with van der Waals surface area (Å²) < 4.78 is 0. The zero-order valence-corrected chi connectivity index (χ0v) is 13.7. The third-order valence-corrected chi connectivity index (χ3v) is 5.31. The summed E-state index contributed by atoms with van der Waals surface area (Å²) >= 11 is 0.